The zero-order valence-electron chi connectivity index (χ0n) is 20.8. The lowest BCUT2D eigenvalue weighted by Gasteiger charge is -2.32. The van der Waals surface area contributed by atoms with Crippen LogP contribution in [0, 0.1) is 0 Å². The first-order chi connectivity index (χ1) is 15.3. The van der Waals surface area contributed by atoms with Gasteiger partial charge in [-0.05, 0) is 69.9 Å². The monoisotopic (exact) mass is 453 g/mol. The molecule has 4 N–H and O–H groups in total. The van der Waals surface area contributed by atoms with Crippen molar-refractivity contribution >= 4 is 5.91 Å². The Kier molecular flexibility index (Phi) is 7.13. The SMILES string of the molecule is CC(C)(C)c1cc(CCC(=O)NCc2ccc(O)c(C3CC(O)C3)c2)cc(C(C)(C)C)c1O. The van der Waals surface area contributed by atoms with Gasteiger partial charge in [0.2, 0.25) is 5.91 Å². The number of phenols is 2. The van der Waals surface area contributed by atoms with E-state index in [2.05, 4.69) is 46.9 Å². The number of benzene rings is 2. The Morgan fingerprint density at radius 1 is 0.939 bits per heavy atom. The Hall–Kier alpha value is -2.53. The summed E-state index contributed by atoms with van der Waals surface area (Å²) in [5.41, 5.74) is 4.25. The van der Waals surface area contributed by atoms with Crippen LogP contribution in [0.3, 0.4) is 0 Å². The lowest BCUT2D eigenvalue weighted by molar-refractivity contribution is -0.121. The van der Waals surface area contributed by atoms with Gasteiger partial charge in [-0.3, -0.25) is 4.79 Å². The van der Waals surface area contributed by atoms with E-state index in [0.717, 1.165) is 27.8 Å². The number of aromatic hydroxyl groups is 2. The van der Waals surface area contributed by atoms with Gasteiger partial charge in [-0.1, -0.05) is 65.8 Å². The minimum absolute atomic E-state index is 0.0358. The van der Waals surface area contributed by atoms with Gasteiger partial charge in [0.25, 0.3) is 0 Å². The molecule has 2 aromatic rings. The number of rotatable bonds is 6. The van der Waals surface area contributed by atoms with Crippen LogP contribution >= 0.6 is 0 Å². The van der Waals surface area contributed by atoms with Crippen LogP contribution in [0.1, 0.15) is 94.5 Å². The Morgan fingerprint density at radius 3 is 2.03 bits per heavy atom. The summed E-state index contributed by atoms with van der Waals surface area (Å²) >= 11 is 0. The zero-order valence-corrected chi connectivity index (χ0v) is 20.8. The Bertz CT molecular complexity index is 973. The number of aliphatic hydroxyl groups excluding tert-OH is 1. The number of nitrogens with one attached hydrogen (secondary N) is 1. The predicted molar refractivity (Wildman–Crippen MR) is 132 cm³/mol. The molecule has 2 aromatic carbocycles. The van der Waals surface area contributed by atoms with Crippen molar-refractivity contribution in [1.29, 1.82) is 0 Å². The number of carbonyl (C=O) groups excluding carboxylic acids is 1. The second kappa shape index (κ2) is 9.38. The van der Waals surface area contributed by atoms with Crippen LogP contribution in [0.5, 0.6) is 11.5 Å². The summed E-state index contributed by atoms with van der Waals surface area (Å²) in [5.74, 6) is 0.745. The Balaban J connectivity index is 1.65. The zero-order chi connectivity index (χ0) is 24.6. The second-order valence-electron chi connectivity index (χ2n) is 11.5. The van der Waals surface area contributed by atoms with E-state index in [9.17, 15) is 20.1 Å². The number of phenolic OH excluding ortho intramolecular Hbond substituents is 2. The van der Waals surface area contributed by atoms with Crippen LogP contribution < -0.4 is 5.32 Å². The van der Waals surface area contributed by atoms with Gasteiger partial charge in [0.15, 0.2) is 0 Å². The highest BCUT2D eigenvalue weighted by Crippen LogP contribution is 2.41. The number of hydrogen-bond acceptors (Lipinski definition) is 4. The number of amides is 1. The summed E-state index contributed by atoms with van der Waals surface area (Å²) in [6, 6.07) is 9.46. The minimum atomic E-state index is -0.282. The third-order valence-corrected chi connectivity index (χ3v) is 6.56. The van der Waals surface area contributed by atoms with Gasteiger partial charge in [0, 0.05) is 13.0 Å². The lowest BCUT2D eigenvalue weighted by Crippen LogP contribution is -2.27. The standard InChI is InChI=1S/C28H39NO4/c1-27(2,3)22-12-17(13-23(26(22)33)28(4,5)6)8-10-25(32)29-16-18-7-9-24(31)21(11-18)19-14-20(30)15-19/h7,9,11-13,19-20,30-31,33H,8,10,14-16H2,1-6H3,(H,29,32). The van der Waals surface area contributed by atoms with Crippen molar-refractivity contribution in [2.45, 2.75) is 96.6 Å². The van der Waals surface area contributed by atoms with Crippen molar-refractivity contribution < 1.29 is 20.1 Å². The molecule has 3 rings (SSSR count). The first-order valence-corrected chi connectivity index (χ1v) is 11.9. The van der Waals surface area contributed by atoms with E-state index in [0.29, 0.717) is 38.0 Å². The molecule has 0 atom stereocenters. The molecule has 5 heteroatoms. The van der Waals surface area contributed by atoms with Gasteiger partial charge in [-0.15, -0.1) is 0 Å². The molecule has 5 nitrogen and oxygen atoms in total. The van der Waals surface area contributed by atoms with Crippen molar-refractivity contribution in [1.82, 2.24) is 5.32 Å². The minimum Gasteiger partial charge on any atom is -0.508 e. The van der Waals surface area contributed by atoms with E-state index < -0.39 is 0 Å². The molecule has 180 valence electrons. The maximum Gasteiger partial charge on any atom is 0.220 e. The van der Waals surface area contributed by atoms with Gasteiger partial charge in [-0.2, -0.15) is 0 Å². The molecule has 1 aliphatic rings. The summed E-state index contributed by atoms with van der Waals surface area (Å²) in [4.78, 5) is 12.6. The van der Waals surface area contributed by atoms with E-state index in [1.54, 1.807) is 6.07 Å². The largest absolute Gasteiger partial charge is 0.508 e. The summed E-state index contributed by atoms with van der Waals surface area (Å²) in [6.07, 6.45) is 2.01. The second-order valence-corrected chi connectivity index (χ2v) is 11.5. The maximum absolute atomic E-state index is 12.6. The van der Waals surface area contributed by atoms with E-state index in [4.69, 9.17) is 0 Å². The van der Waals surface area contributed by atoms with Gasteiger partial charge in [0.1, 0.15) is 11.5 Å². The molecular weight excluding hydrogens is 414 g/mol. The molecule has 0 saturated heterocycles. The van der Waals surface area contributed by atoms with Crippen molar-refractivity contribution in [3.63, 3.8) is 0 Å². The third kappa shape index (κ3) is 6.08. The van der Waals surface area contributed by atoms with Crippen molar-refractivity contribution in [3.8, 4) is 11.5 Å². The molecule has 0 heterocycles. The third-order valence-electron chi connectivity index (χ3n) is 6.56. The molecule has 1 aliphatic carbocycles. The average Bonchev–Trinajstić information content (AvgIpc) is 2.68. The number of aryl methyl sites for hydroxylation is 1. The topological polar surface area (TPSA) is 89.8 Å². The van der Waals surface area contributed by atoms with Crippen LogP contribution in [0.4, 0.5) is 0 Å². The molecular formula is C28H39NO4. The summed E-state index contributed by atoms with van der Waals surface area (Å²) < 4.78 is 0. The van der Waals surface area contributed by atoms with Crippen LogP contribution in [-0.4, -0.2) is 27.3 Å². The van der Waals surface area contributed by atoms with Crippen LogP contribution in [0.25, 0.3) is 0 Å². The molecule has 0 aliphatic heterocycles. The molecule has 1 fully saturated rings. The van der Waals surface area contributed by atoms with Crippen LogP contribution in [-0.2, 0) is 28.6 Å². The van der Waals surface area contributed by atoms with Gasteiger partial charge in [-0.25, -0.2) is 0 Å². The molecule has 33 heavy (non-hydrogen) atoms. The van der Waals surface area contributed by atoms with Crippen molar-refractivity contribution in [2.75, 3.05) is 0 Å². The molecule has 0 spiro atoms. The molecule has 0 radical (unpaired) electrons. The quantitative estimate of drug-likeness (QED) is 0.485. The summed E-state index contributed by atoms with van der Waals surface area (Å²) in [6.45, 7) is 12.9. The van der Waals surface area contributed by atoms with Crippen LogP contribution in [0.15, 0.2) is 30.3 Å². The van der Waals surface area contributed by atoms with E-state index in [1.165, 1.54) is 0 Å². The highest BCUT2D eigenvalue weighted by molar-refractivity contribution is 5.76. The number of aliphatic hydroxyl groups is 1. The fourth-order valence-corrected chi connectivity index (χ4v) is 4.41. The fourth-order valence-electron chi connectivity index (χ4n) is 4.41. The maximum atomic E-state index is 12.6. The Morgan fingerprint density at radius 2 is 1.52 bits per heavy atom. The van der Waals surface area contributed by atoms with Gasteiger partial charge >= 0.3 is 0 Å². The lowest BCUT2D eigenvalue weighted by atomic mass is 9.77. The van der Waals surface area contributed by atoms with Crippen molar-refractivity contribution in [3.05, 3.63) is 58.1 Å². The van der Waals surface area contributed by atoms with E-state index >= 15 is 0 Å². The van der Waals surface area contributed by atoms with E-state index in [-0.39, 0.29) is 34.5 Å². The number of carbonyl (C=O) groups is 1. The van der Waals surface area contributed by atoms with Crippen LogP contribution in [0.2, 0.25) is 0 Å². The molecule has 0 bridgehead atoms. The molecule has 1 amide bonds. The molecule has 0 aromatic heterocycles. The van der Waals surface area contributed by atoms with Gasteiger partial charge in [0.05, 0.1) is 6.10 Å². The highest BCUT2D eigenvalue weighted by atomic mass is 16.3. The highest BCUT2D eigenvalue weighted by Gasteiger charge is 2.30. The smallest absolute Gasteiger partial charge is 0.220 e. The van der Waals surface area contributed by atoms with E-state index in [1.807, 2.05) is 24.3 Å². The van der Waals surface area contributed by atoms with Gasteiger partial charge < -0.3 is 20.6 Å². The summed E-state index contributed by atoms with van der Waals surface area (Å²) in [5, 5.41) is 33.6. The summed E-state index contributed by atoms with van der Waals surface area (Å²) in [7, 11) is 0. The molecule has 1 saturated carbocycles. The normalized spacial score (nSPS) is 18.6. The fraction of sp³-hybridized carbons (Fsp3) is 0.536. The molecule has 0 unspecified atom stereocenters. The average molecular weight is 454 g/mol. The predicted octanol–water partition coefficient (Wildman–Crippen LogP) is 5.18. The first-order valence-electron chi connectivity index (χ1n) is 11.9. The first kappa shape index (κ1) is 25.1. The number of hydrogen-bond donors (Lipinski definition) is 4. The Labute approximate surface area is 197 Å². The van der Waals surface area contributed by atoms with Crippen molar-refractivity contribution in [2.24, 2.45) is 0 Å².